The van der Waals surface area contributed by atoms with Crippen molar-refractivity contribution in [2.45, 2.75) is 65.2 Å². The summed E-state index contributed by atoms with van der Waals surface area (Å²) in [7, 11) is 0. The van der Waals surface area contributed by atoms with E-state index >= 15 is 0 Å². The Morgan fingerprint density at radius 1 is 1.19 bits per heavy atom. The Bertz CT molecular complexity index is 930. The zero-order valence-electron chi connectivity index (χ0n) is 17.2. The number of aromatic carboxylic acids is 1. The molecule has 1 heterocycles. The smallest absolute Gasteiger partial charge is 0.337 e. The van der Waals surface area contributed by atoms with Gasteiger partial charge in [-0.3, -0.25) is 4.98 Å². The molecule has 1 aliphatic carbocycles. The summed E-state index contributed by atoms with van der Waals surface area (Å²) >= 11 is 0. The molecule has 3 heteroatoms. The van der Waals surface area contributed by atoms with Gasteiger partial charge in [-0.05, 0) is 71.1 Å². The molecule has 3 rings (SSSR count). The predicted molar refractivity (Wildman–Crippen MR) is 111 cm³/mol. The maximum Gasteiger partial charge on any atom is 0.337 e. The topological polar surface area (TPSA) is 50.2 Å². The summed E-state index contributed by atoms with van der Waals surface area (Å²) in [4.78, 5) is 15.6. The lowest BCUT2D eigenvalue weighted by atomic mass is 9.79. The van der Waals surface area contributed by atoms with Crippen LogP contribution in [0.15, 0.2) is 24.3 Å². The van der Waals surface area contributed by atoms with E-state index in [1.54, 1.807) is 19.1 Å². The van der Waals surface area contributed by atoms with Crippen molar-refractivity contribution >= 4 is 18.1 Å². The van der Waals surface area contributed by atoms with Crippen LogP contribution in [0.25, 0.3) is 12.2 Å². The minimum absolute atomic E-state index is 0.0915. The van der Waals surface area contributed by atoms with Gasteiger partial charge in [-0.2, -0.15) is 0 Å². The van der Waals surface area contributed by atoms with E-state index in [9.17, 15) is 4.79 Å². The SMILES string of the molecule is Cc1nc(C=Cc2cc(C(C)(C)C)cc3c2CCC3(C)C)ccc1C(=O)O. The highest BCUT2D eigenvalue weighted by Crippen LogP contribution is 2.42. The molecule has 3 nitrogen and oxygen atoms in total. The molecule has 142 valence electrons. The summed E-state index contributed by atoms with van der Waals surface area (Å²) in [6, 6.07) is 8.09. The third-order valence-electron chi connectivity index (χ3n) is 5.65. The molecule has 0 saturated carbocycles. The first kappa shape index (κ1) is 19.3. The van der Waals surface area contributed by atoms with E-state index in [1.165, 1.54) is 28.7 Å². The summed E-state index contributed by atoms with van der Waals surface area (Å²) in [6.07, 6.45) is 6.39. The molecule has 1 aromatic carbocycles. The van der Waals surface area contributed by atoms with Crippen molar-refractivity contribution < 1.29 is 9.90 Å². The van der Waals surface area contributed by atoms with Crippen LogP contribution in [-0.2, 0) is 17.3 Å². The third kappa shape index (κ3) is 3.83. The van der Waals surface area contributed by atoms with Gasteiger partial charge in [0.2, 0.25) is 0 Å². The Kier molecular flexibility index (Phi) is 4.75. The number of fused-ring (bicyclic) bond motifs is 1. The fourth-order valence-corrected chi connectivity index (χ4v) is 3.81. The Balaban J connectivity index is 2.05. The minimum Gasteiger partial charge on any atom is -0.478 e. The van der Waals surface area contributed by atoms with Gasteiger partial charge < -0.3 is 5.11 Å². The summed E-state index contributed by atoms with van der Waals surface area (Å²) in [6.45, 7) is 13.1. The van der Waals surface area contributed by atoms with E-state index in [-0.39, 0.29) is 16.4 Å². The van der Waals surface area contributed by atoms with E-state index in [4.69, 9.17) is 5.11 Å². The lowest BCUT2D eigenvalue weighted by Crippen LogP contribution is -2.16. The third-order valence-corrected chi connectivity index (χ3v) is 5.65. The molecular formula is C24H29NO2. The van der Waals surface area contributed by atoms with Crippen LogP contribution in [0.2, 0.25) is 0 Å². The number of pyridine rings is 1. The fraction of sp³-hybridized carbons (Fsp3) is 0.417. The molecule has 0 unspecified atom stereocenters. The lowest BCUT2D eigenvalue weighted by molar-refractivity contribution is 0.0695. The van der Waals surface area contributed by atoms with Gasteiger partial charge in [-0.25, -0.2) is 4.79 Å². The second-order valence-electron chi connectivity index (χ2n) is 9.23. The van der Waals surface area contributed by atoms with Gasteiger partial charge in [0.05, 0.1) is 17.0 Å². The van der Waals surface area contributed by atoms with E-state index in [0.717, 1.165) is 12.1 Å². The van der Waals surface area contributed by atoms with Crippen LogP contribution >= 0.6 is 0 Å². The zero-order chi connectivity index (χ0) is 20.0. The van der Waals surface area contributed by atoms with Crippen LogP contribution in [0.5, 0.6) is 0 Å². The van der Waals surface area contributed by atoms with Crippen LogP contribution in [0.3, 0.4) is 0 Å². The largest absolute Gasteiger partial charge is 0.478 e. The normalized spacial score (nSPS) is 15.9. The molecule has 1 aliphatic rings. The first-order valence-corrected chi connectivity index (χ1v) is 9.56. The van der Waals surface area contributed by atoms with Crippen molar-refractivity contribution in [1.82, 2.24) is 4.98 Å². The number of aromatic nitrogens is 1. The van der Waals surface area contributed by atoms with Crippen LogP contribution < -0.4 is 0 Å². The van der Waals surface area contributed by atoms with Crippen molar-refractivity contribution in [3.8, 4) is 0 Å². The minimum atomic E-state index is -0.937. The number of aryl methyl sites for hydroxylation is 1. The number of carboxylic acids is 1. The van der Waals surface area contributed by atoms with Crippen LogP contribution in [0, 0.1) is 6.92 Å². The van der Waals surface area contributed by atoms with E-state index in [2.05, 4.69) is 57.8 Å². The molecule has 0 aliphatic heterocycles. The molecule has 1 N–H and O–H groups in total. The zero-order valence-corrected chi connectivity index (χ0v) is 17.2. The number of hydrogen-bond acceptors (Lipinski definition) is 2. The van der Waals surface area contributed by atoms with Crippen LogP contribution in [-0.4, -0.2) is 16.1 Å². The standard InChI is InChI=1S/C24H29NO2/c1-15-19(22(26)27)10-9-18(25-15)8-7-16-13-17(23(2,3)4)14-21-20(16)11-12-24(21,5)6/h7-10,13-14H,11-12H2,1-6H3,(H,26,27). The maximum atomic E-state index is 11.2. The predicted octanol–water partition coefficient (Wildman–Crippen LogP) is 5.78. The Morgan fingerprint density at radius 2 is 1.89 bits per heavy atom. The number of rotatable bonds is 3. The molecule has 0 spiro atoms. The van der Waals surface area contributed by atoms with E-state index in [0.29, 0.717) is 5.69 Å². The highest BCUT2D eigenvalue weighted by Gasteiger charge is 2.32. The van der Waals surface area contributed by atoms with Crippen LogP contribution in [0.4, 0.5) is 0 Å². The van der Waals surface area contributed by atoms with Crippen molar-refractivity contribution in [3.05, 3.63) is 63.5 Å². The maximum absolute atomic E-state index is 11.2. The van der Waals surface area contributed by atoms with Crippen molar-refractivity contribution in [1.29, 1.82) is 0 Å². The summed E-state index contributed by atoms with van der Waals surface area (Å²) in [5.41, 5.74) is 7.37. The number of hydrogen-bond donors (Lipinski definition) is 1. The Morgan fingerprint density at radius 3 is 2.48 bits per heavy atom. The molecule has 0 fully saturated rings. The highest BCUT2D eigenvalue weighted by molar-refractivity contribution is 5.89. The summed E-state index contributed by atoms with van der Waals surface area (Å²) < 4.78 is 0. The average Bonchev–Trinajstić information content (AvgIpc) is 2.87. The highest BCUT2D eigenvalue weighted by atomic mass is 16.4. The van der Waals surface area contributed by atoms with Gasteiger partial charge in [0, 0.05) is 0 Å². The molecule has 0 radical (unpaired) electrons. The van der Waals surface area contributed by atoms with Crippen molar-refractivity contribution in [2.75, 3.05) is 0 Å². The van der Waals surface area contributed by atoms with Gasteiger partial charge in [0.25, 0.3) is 0 Å². The van der Waals surface area contributed by atoms with E-state index < -0.39 is 5.97 Å². The average molecular weight is 364 g/mol. The van der Waals surface area contributed by atoms with Gasteiger partial charge in [0.15, 0.2) is 0 Å². The lowest BCUT2D eigenvalue weighted by Gasteiger charge is -2.25. The molecular weight excluding hydrogens is 334 g/mol. The molecule has 27 heavy (non-hydrogen) atoms. The molecule has 0 amide bonds. The quantitative estimate of drug-likeness (QED) is 0.752. The second-order valence-corrected chi connectivity index (χ2v) is 9.23. The van der Waals surface area contributed by atoms with Crippen molar-refractivity contribution in [2.24, 2.45) is 0 Å². The molecule has 1 aromatic heterocycles. The van der Waals surface area contributed by atoms with E-state index in [1.807, 2.05) is 6.08 Å². The van der Waals surface area contributed by atoms with Gasteiger partial charge in [-0.1, -0.05) is 52.8 Å². The Hall–Kier alpha value is -2.42. The molecule has 0 bridgehead atoms. The Labute approximate surface area is 162 Å². The first-order chi connectivity index (χ1) is 12.5. The number of benzene rings is 1. The molecule has 0 atom stereocenters. The van der Waals surface area contributed by atoms with Gasteiger partial charge in [-0.15, -0.1) is 0 Å². The van der Waals surface area contributed by atoms with Crippen LogP contribution in [0.1, 0.15) is 85.0 Å². The summed E-state index contributed by atoms with van der Waals surface area (Å²) in [5.74, 6) is -0.937. The second kappa shape index (κ2) is 6.63. The summed E-state index contributed by atoms with van der Waals surface area (Å²) in [5, 5.41) is 9.17. The fourth-order valence-electron chi connectivity index (χ4n) is 3.81. The van der Waals surface area contributed by atoms with Crippen molar-refractivity contribution in [3.63, 3.8) is 0 Å². The number of carboxylic acid groups (broad SMARTS) is 1. The molecule has 2 aromatic rings. The number of nitrogens with zero attached hydrogens (tertiary/aromatic N) is 1. The number of carbonyl (C=O) groups is 1. The van der Waals surface area contributed by atoms with Gasteiger partial charge in [0.1, 0.15) is 0 Å². The first-order valence-electron chi connectivity index (χ1n) is 9.56. The molecule has 0 saturated heterocycles. The monoisotopic (exact) mass is 363 g/mol. The van der Waals surface area contributed by atoms with Gasteiger partial charge >= 0.3 is 5.97 Å².